The van der Waals surface area contributed by atoms with Crippen molar-refractivity contribution in [3.8, 4) is 0 Å². The standard InChI is InChI=1S/C13H10Cl2N2O/c1-8-6-11(12(15)16-7-8)17-13(18)9-2-4-10(14)5-3-9/h2-7H,1H3,(H,17,18). The Kier molecular flexibility index (Phi) is 3.84. The van der Waals surface area contributed by atoms with E-state index in [4.69, 9.17) is 23.2 Å². The lowest BCUT2D eigenvalue weighted by atomic mass is 10.2. The highest BCUT2D eigenvalue weighted by Crippen LogP contribution is 2.20. The van der Waals surface area contributed by atoms with Crippen LogP contribution in [0.4, 0.5) is 5.69 Å². The molecule has 3 nitrogen and oxygen atoms in total. The van der Waals surface area contributed by atoms with Crippen molar-refractivity contribution in [1.29, 1.82) is 0 Å². The second-order valence-electron chi connectivity index (χ2n) is 3.81. The van der Waals surface area contributed by atoms with E-state index < -0.39 is 0 Å². The van der Waals surface area contributed by atoms with E-state index in [2.05, 4.69) is 10.3 Å². The molecule has 2 rings (SSSR count). The van der Waals surface area contributed by atoms with E-state index in [0.29, 0.717) is 16.3 Å². The zero-order valence-electron chi connectivity index (χ0n) is 9.58. The monoisotopic (exact) mass is 280 g/mol. The fourth-order valence-electron chi connectivity index (χ4n) is 1.44. The van der Waals surface area contributed by atoms with Crippen LogP contribution >= 0.6 is 23.2 Å². The van der Waals surface area contributed by atoms with Crippen LogP contribution in [0.5, 0.6) is 0 Å². The van der Waals surface area contributed by atoms with Gasteiger partial charge in [-0.15, -0.1) is 0 Å². The Labute approximate surface area is 115 Å². The molecule has 1 amide bonds. The second-order valence-corrected chi connectivity index (χ2v) is 4.61. The number of anilines is 1. The first-order valence-corrected chi connectivity index (χ1v) is 6.01. The minimum Gasteiger partial charge on any atom is -0.319 e. The van der Waals surface area contributed by atoms with Gasteiger partial charge in [0, 0.05) is 16.8 Å². The topological polar surface area (TPSA) is 42.0 Å². The number of nitrogens with zero attached hydrogens (tertiary/aromatic N) is 1. The number of nitrogens with one attached hydrogen (secondary N) is 1. The van der Waals surface area contributed by atoms with Gasteiger partial charge in [0.25, 0.3) is 5.91 Å². The second kappa shape index (κ2) is 5.38. The van der Waals surface area contributed by atoms with Crippen molar-refractivity contribution in [3.63, 3.8) is 0 Å². The quantitative estimate of drug-likeness (QED) is 0.847. The number of benzene rings is 1. The number of hydrogen-bond acceptors (Lipinski definition) is 2. The van der Waals surface area contributed by atoms with E-state index in [1.165, 1.54) is 0 Å². The molecule has 0 aliphatic carbocycles. The molecule has 0 radical (unpaired) electrons. The van der Waals surface area contributed by atoms with Gasteiger partial charge in [-0.2, -0.15) is 0 Å². The molecule has 0 spiro atoms. The average Bonchev–Trinajstić information content (AvgIpc) is 2.34. The van der Waals surface area contributed by atoms with Crippen LogP contribution < -0.4 is 5.32 Å². The van der Waals surface area contributed by atoms with E-state index in [1.54, 1.807) is 36.5 Å². The van der Waals surface area contributed by atoms with Gasteiger partial charge in [0.2, 0.25) is 0 Å². The fraction of sp³-hybridized carbons (Fsp3) is 0.0769. The third kappa shape index (κ3) is 3.00. The predicted molar refractivity (Wildman–Crippen MR) is 73.4 cm³/mol. The number of hydrogen-bond donors (Lipinski definition) is 1. The molecule has 92 valence electrons. The molecule has 0 atom stereocenters. The highest BCUT2D eigenvalue weighted by Gasteiger charge is 2.09. The van der Waals surface area contributed by atoms with Gasteiger partial charge < -0.3 is 5.32 Å². The van der Waals surface area contributed by atoms with Crippen molar-refractivity contribution >= 4 is 34.8 Å². The van der Waals surface area contributed by atoms with Gasteiger partial charge in [-0.1, -0.05) is 23.2 Å². The summed E-state index contributed by atoms with van der Waals surface area (Å²) in [5.41, 5.74) is 1.93. The largest absolute Gasteiger partial charge is 0.319 e. The maximum atomic E-state index is 11.9. The first-order valence-electron chi connectivity index (χ1n) is 5.25. The van der Waals surface area contributed by atoms with Gasteiger partial charge in [-0.25, -0.2) is 4.98 Å². The fourth-order valence-corrected chi connectivity index (χ4v) is 1.71. The lowest BCUT2D eigenvalue weighted by Gasteiger charge is -2.07. The first-order chi connectivity index (χ1) is 8.56. The number of halogens is 2. The number of rotatable bonds is 2. The molecule has 1 aromatic heterocycles. The number of aryl methyl sites for hydroxylation is 1. The number of carbonyl (C=O) groups excluding carboxylic acids is 1. The van der Waals surface area contributed by atoms with Crippen molar-refractivity contribution < 1.29 is 4.79 Å². The summed E-state index contributed by atoms with van der Waals surface area (Å²) in [5.74, 6) is -0.249. The summed E-state index contributed by atoms with van der Waals surface area (Å²) in [7, 11) is 0. The third-order valence-electron chi connectivity index (χ3n) is 2.33. The van der Waals surface area contributed by atoms with Gasteiger partial charge in [0.15, 0.2) is 5.15 Å². The first kappa shape index (κ1) is 12.9. The van der Waals surface area contributed by atoms with Crippen LogP contribution in [-0.4, -0.2) is 10.9 Å². The molecule has 5 heteroatoms. The summed E-state index contributed by atoms with van der Waals surface area (Å²) in [4.78, 5) is 15.9. The summed E-state index contributed by atoms with van der Waals surface area (Å²) in [5, 5.41) is 3.56. The van der Waals surface area contributed by atoms with Crippen molar-refractivity contribution in [3.05, 3.63) is 57.8 Å². The molecular weight excluding hydrogens is 271 g/mol. The molecule has 0 saturated carbocycles. The number of carbonyl (C=O) groups is 1. The smallest absolute Gasteiger partial charge is 0.255 e. The Morgan fingerprint density at radius 1 is 1.22 bits per heavy atom. The van der Waals surface area contributed by atoms with E-state index >= 15 is 0 Å². The number of aromatic nitrogens is 1. The molecule has 0 unspecified atom stereocenters. The van der Waals surface area contributed by atoms with Crippen LogP contribution in [0.25, 0.3) is 0 Å². The predicted octanol–water partition coefficient (Wildman–Crippen LogP) is 3.95. The highest BCUT2D eigenvalue weighted by molar-refractivity contribution is 6.32. The van der Waals surface area contributed by atoms with E-state index in [0.717, 1.165) is 5.56 Å². The summed E-state index contributed by atoms with van der Waals surface area (Å²) in [6.07, 6.45) is 1.64. The van der Waals surface area contributed by atoms with Gasteiger partial charge in [0.05, 0.1) is 5.69 Å². The minimum absolute atomic E-state index is 0.249. The Bertz CT molecular complexity index is 582. The Morgan fingerprint density at radius 2 is 1.89 bits per heavy atom. The van der Waals surface area contributed by atoms with Crippen LogP contribution in [0.2, 0.25) is 10.2 Å². The minimum atomic E-state index is -0.249. The van der Waals surface area contributed by atoms with Crippen LogP contribution in [0.3, 0.4) is 0 Å². The van der Waals surface area contributed by atoms with E-state index in [1.807, 2.05) is 6.92 Å². The van der Waals surface area contributed by atoms with E-state index in [9.17, 15) is 4.79 Å². The molecule has 1 N–H and O–H groups in total. The lowest BCUT2D eigenvalue weighted by Crippen LogP contribution is -2.12. The summed E-state index contributed by atoms with van der Waals surface area (Å²) in [6.45, 7) is 1.88. The van der Waals surface area contributed by atoms with Crippen LogP contribution in [0, 0.1) is 6.92 Å². The van der Waals surface area contributed by atoms with Crippen LogP contribution in [-0.2, 0) is 0 Å². The number of amides is 1. The highest BCUT2D eigenvalue weighted by atomic mass is 35.5. The molecule has 0 aliphatic heterocycles. The van der Waals surface area contributed by atoms with E-state index in [-0.39, 0.29) is 11.1 Å². The van der Waals surface area contributed by atoms with Crippen LogP contribution in [0.1, 0.15) is 15.9 Å². The van der Waals surface area contributed by atoms with Gasteiger partial charge in [-0.3, -0.25) is 4.79 Å². The molecule has 1 aromatic carbocycles. The third-order valence-corrected chi connectivity index (χ3v) is 2.88. The number of pyridine rings is 1. The SMILES string of the molecule is Cc1cnc(Cl)c(NC(=O)c2ccc(Cl)cc2)c1. The van der Waals surface area contributed by atoms with Gasteiger partial charge >= 0.3 is 0 Å². The average molecular weight is 281 g/mol. The molecule has 0 fully saturated rings. The Morgan fingerprint density at radius 3 is 2.56 bits per heavy atom. The summed E-state index contributed by atoms with van der Waals surface area (Å²) in [6, 6.07) is 8.38. The molecule has 1 heterocycles. The zero-order chi connectivity index (χ0) is 13.1. The molecule has 18 heavy (non-hydrogen) atoms. The lowest BCUT2D eigenvalue weighted by molar-refractivity contribution is 0.102. The van der Waals surface area contributed by atoms with Crippen molar-refractivity contribution in [1.82, 2.24) is 4.98 Å². The van der Waals surface area contributed by atoms with Crippen molar-refractivity contribution in [2.75, 3.05) is 5.32 Å². The Balaban J connectivity index is 2.21. The molecule has 0 aliphatic rings. The van der Waals surface area contributed by atoms with Crippen molar-refractivity contribution in [2.24, 2.45) is 0 Å². The van der Waals surface area contributed by atoms with Gasteiger partial charge in [0.1, 0.15) is 0 Å². The summed E-state index contributed by atoms with van der Waals surface area (Å²) >= 11 is 11.7. The molecular formula is C13H10Cl2N2O. The maximum Gasteiger partial charge on any atom is 0.255 e. The normalized spacial score (nSPS) is 10.2. The van der Waals surface area contributed by atoms with Crippen LogP contribution in [0.15, 0.2) is 36.5 Å². The maximum absolute atomic E-state index is 11.9. The zero-order valence-corrected chi connectivity index (χ0v) is 11.1. The van der Waals surface area contributed by atoms with Crippen molar-refractivity contribution in [2.45, 2.75) is 6.92 Å². The summed E-state index contributed by atoms with van der Waals surface area (Å²) < 4.78 is 0. The molecule has 0 bridgehead atoms. The molecule has 2 aromatic rings. The molecule has 0 saturated heterocycles. The van der Waals surface area contributed by atoms with Gasteiger partial charge in [-0.05, 0) is 42.8 Å². The Hall–Kier alpha value is -1.58.